The van der Waals surface area contributed by atoms with E-state index < -0.39 is 11.9 Å². The lowest BCUT2D eigenvalue weighted by Gasteiger charge is -2.15. The zero-order valence-corrected chi connectivity index (χ0v) is 11.0. The van der Waals surface area contributed by atoms with Crippen LogP contribution in [0.25, 0.3) is 0 Å². The molecule has 0 radical (unpaired) electrons. The fourth-order valence-corrected chi connectivity index (χ4v) is 2.97. The molecule has 2 aliphatic rings. The number of hydrogen-bond donors (Lipinski definition) is 1. The topological polar surface area (TPSA) is 57.6 Å². The van der Waals surface area contributed by atoms with Gasteiger partial charge >= 0.3 is 5.97 Å². The molecule has 0 bridgehead atoms. The van der Waals surface area contributed by atoms with Crippen LogP contribution < -0.4 is 0 Å². The van der Waals surface area contributed by atoms with E-state index in [4.69, 9.17) is 5.11 Å². The summed E-state index contributed by atoms with van der Waals surface area (Å²) in [6, 6.07) is 6.36. The van der Waals surface area contributed by atoms with Gasteiger partial charge in [0.05, 0.1) is 5.92 Å². The van der Waals surface area contributed by atoms with Crippen LogP contribution in [0.15, 0.2) is 24.3 Å². The molecule has 0 spiro atoms. The molecule has 1 aromatic carbocycles. The molecule has 1 N–H and O–H groups in total. The fourth-order valence-electron chi connectivity index (χ4n) is 2.97. The first kappa shape index (κ1) is 13.1. The lowest BCUT2D eigenvalue weighted by Crippen LogP contribution is -2.31. The number of amides is 1. The van der Waals surface area contributed by atoms with Crippen molar-refractivity contribution >= 4 is 11.9 Å². The van der Waals surface area contributed by atoms with Crippen LogP contribution in [0, 0.1) is 17.7 Å². The molecule has 2 fully saturated rings. The van der Waals surface area contributed by atoms with Gasteiger partial charge in [0.15, 0.2) is 0 Å². The number of nitrogens with zero attached hydrogens (tertiary/aromatic N) is 1. The van der Waals surface area contributed by atoms with Crippen molar-refractivity contribution in [2.24, 2.45) is 11.8 Å². The Kier molecular flexibility index (Phi) is 3.20. The first-order valence-corrected chi connectivity index (χ1v) is 6.83. The minimum atomic E-state index is -0.835. The van der Waals surface area contributed by atoms with Crippen molar-refractivity contribution in [2.75, 3.05) is 13.1 Å². The molecule has 20 heavy (non-hydrogen) atoms. The molecule has 1 aromatic rings. The van der Waals surface area contributed by atoms with Crippen LogP contribution in [0.2, 0.25) is 0 Å². The first-order chi connectivity index (χ1) is 9.56. The van der Waals surface area contributed by atoms with E-state index in [-0.39, 0.29) is 23.6 Å². The molecule has 1 saturated heterocycles. The van der Waals surface area contributed by atoms with Crippen molar-refractivity contribution in [3.8, 4) is 0 Å². The highest BCUT2D eigenvalue weighted by molar-refractivity contribution is 5.84. The second kappa shape index (κ2) is 4.89. The maximum absolute atomic E-state index is 13.2. The number of likely N-dealkylation sites (tertiary alicyclic amines) is 1. The van der Waals surface area contributed by atoms with E-state index in [1.54, 1.807) is 11.0 Å². The lowest BCUT2D eigenvalue weighted by atomic mass is 10.1. The van der Waals surface area contributed by atoms with Gasteiger partial charge in [0.2, 0.25) is 5.91 Å². The van der Waals surface area contributed by atoms with Gasteiger partial charge in [0.1, 0.15) is 5.82 Å². The number of benzene rings is 1. The third kappa shape index (κ3) is 2.40. The van der Waals surface area contributed by atoms with Crippen LogP contribution >= 0.6 is 0 Å². The highest BCUT2D eigenvalue weighted by Gasteiger charge is 2.47. The second-order valence-electron chi connectivity index (χ2n) is 5.61. The summed E-state index contributed by atoms with van der Waals surface area (Å²) in [6.45, 7) is 0.822. The Morgan fingerprint density at radius 2 is 2.15 bits per heavy atom. The molecule has 1 aliphatic carbocycles. The number of carboxylic acid groups (broad SMARTS) is 1. The summed E-state index contributed by atoms with van der Waals surface area (Å²) < 4.78 is 13.2. The van der Waals surface area contributed by atoms with Gasteiger partial charge < -0.3 is 10.0 Å². The highest BCUT2D eigenvalue weighted by Crippen LogP contribution is 2.48. The Bertz CT molecular complexity index is 560. The van der Waals surface area contributed by atoms with Crippen LogP contribution in [0.1, 0.15) is 24.3 Å². The number of carbonyl (C=O) groups excluding carboxylic acids is 1. The molecule has 1 amide bonds. The number of halogens is 1. The maximum atomic E-state index is 13.2. The minimum absolute atomic E-state index is 0.0167. The van der Waals surface area contributed by atoms with Gasteiger partial charge in [-0.1, -0.05) is 12.1 Å². The summed E-state index contributed by atoms with van der Waals surface area (Å²) in [5.74, 6) is -1.56. The van der Waals surface area contributed by atoms with Gasteiger partial charge in [-0.15, -0.1) is 0 Å². The van der Waals surface area contributed by atoms with Gasteiger partial charge in [-0.2, -0.15) is 0 Å². The van der Waals surface area contributed by atoms with Crippen molar-refractivity contribution in [1.82, 2.24) is 4.90 Å². The molecule has 1 saturated carbocycles. The Hall–Kier alpha value is -1.91. The molecule has 1 aliphatic heterocycles. The lowest BCUT2D eigenvalue weighted by molar-refractivity contribution is -0.141. The number of hydrogen-bond acceptors (Lipinski definition) is 2. The second-order valence-corrected chi connectivity index (χ2v) is 5.61. The summed E-state index contributed by atoms with van der Waals surface area (Å²) in [4.78, 5) is 24.8. The normalized spacial score (nSPS) is 28.4. The van der Waals surface area contributed by atoms with E-state index in [1.807, 2.05) is 6.07 Å². The Morgan fingerprint density at radius 3 is 2.80 bits per heavy atom. The zero-order chi connectivity index (χ0) is 14.3. The average Bonchev–Trinajstić information content (AvgIpc) is 3.06. The molecule has 3 atom stereocenters. The molecular weight excluding hydrogens is 261 g/mol. The van der Waals surface area contributed by atoms with E-state index in [0.717, 1.165) is 12.0 Å². The third-order valence-corrected chi connectivity index (χ3v) is 4.23. The SMILES string of the molecule is O=C(O)[C@@H]1CCN(C(=O)[C@H]2C[C@@H]2c2cccc(F)c2)C1. The molecule has 3 rings (SSSR count). The van der Waals surface area contributed by atoms with E-state index >= 15 is 0 Å². The van der Waals surface area contributed by atoms with Crippen molar-refractivity contribution in [1.29, 1.82) is 0 Å². The molecule has 0 unspecified atom stereocenters. The molecule has 5 heteroatoms. The predicted molar refractivity (Wildman–Crippen MR) is 69.6 cm³/mol. The summed E-state index contributed by atoms with van der Waals surface area (Å²) in [7, 11) is 0. The molecule has 1 heterocycles. The Labute approximate surface area is 116 Å². The summed E-state index contributed by atoms with van der Waals surface area (Å²) in [5, 5.41) is 8.95. The number of aliphatic carboxylic acids is 1. The van der Waals surface area contributed by atoms with Crippen LogP contribution in [-0.2, 0) is 9.59 Å². The summed E-state index contributed by atoms with van der Waals surface area (Å²) in [5.41, 5.74) is 0.859. The maximum Gasteiger partial charge on any atom is 0.308 e. The fraction of sp³-hybridized carbons (Fsp3) is 0.467. The number of rotatable bonds is 3. The number of carbonyl (C=O) groups is 2. The standard InChI is InChI=1S/C15H16FNO3/c16-11-3-1-2-9(6-11)12-7-13(12)14(18)17-5-4-10(8-17)15(19)20/h1-3,6,10,12-13H,4-5,7-8H2,(H,19,20)/t10-,12-,13+/m1/s1. The van der Waals surface area contributed by atoms with Crippen LogP contribution in [0.4, 0.5) is 4.39 Å². The van der Waals surface area contributed by atoms with Crippen molar-refractivity contribution in [2.45, 2.75) is 18.8 Å². The van der Waals surface area contributed by atoms with Gasteiger partial charge in [0.25, 0.3) is 0 Å². The predicted octanol–water partition coefficient (Wildman–Crippen LogP) is 1.86. The monoisotopic (exact) mass is 277 g/mol. The van der Waals surface area contributed by atoms with Crippen LogP contribution in [0.5, 0.6) is 0 Å². The van der Waals surface area contributed by atoms with E-state index in [2.05, 4.69) is 0 Å². The Balaban J connectivity index is 1.62. The smallest absolute Gasteiger partial charge is 0.308 e. The molecular formula is C15H16FNO3. The quantitative estimate of drug-likeness (QED) is 0.917. The first-order valence-electron chi connectivity index (χ1n) is 6.83. The highest BCUT2D eigenvalue weighted by atomic mass is 19.1. The van der Waals surface area contributed by atoms with Gasteiger partial charge in [-0.3, -0.25) is 9.59 Å². The molecule has 0 aromatic heterocycles. The zero-order valence-electron chi connectivity index (χ0n) is 11.0. The van der Waals surface area contributed by atoms with Crippen molar-refractivity contribution in [3.05, 3.63) is 35.6 Å². The summed E-state index contributed by atoms with van der Waals surface area (Å²) in [6.07, 6.45) is 1.26. The number of carboxylic acids is 1. The average molecular weight is 277 g/mol. The van der Waals surface area contributed by atoms with Crippen LogP contribution in [-0.4, -0.2) is 35.0 Å². The van der Waals surface area contributed by atoms with E-state index in [0.29, 0.717) is 19.5 Å². The molecule has 106 valence electrons. The molecule has 4 nitrogen and oxygen atoms in total. The third-order valence-electron chi connectivity index (χ3n) is 4.23. The van der Waals surface area contributed by atoms with Gasteiger partial charge in [0, 0.05) is 19.0 Å². The van der Waals surface area contributed by atoms with Crippen molar-refractivity contribution < 1.29 is 19.1 Å². The van der Waals surface area contributed by atoms with E-state index in [9.17, 15) is 14.0 Å². The van der Waals surface area contributed by atoms with Gasteiger partial charge in [-0.05, 0) is 36.5 Å². The van der Waals surface area contributed by atoms with Crippen LogP contribution in [0.3, 0.4) is 0 Å². The minimum Gasteiger partial charge on any atom is -0.481 e. The van der Waals surface area contributed by atoms with Crippen molar-refractivity contribution in [3.63, 3.8) is 0 Å². The largest absolute Gasteiger partial charge is 0.481 e. The summed E-state index contributed by atoms with van der Waals surface area (Å²) >= 11 is 0. The van der Waals surface area contributed by atoms with E-state index in [1.165, 1.54) is 12.1 Å². The Morgan fingerprint density at radius 1 is 1.35 bits per heavy atom. The van der Waals surface area contributed by atoms with Gasteiger partial charge in [-0.25, -0.2) is 4.39 Å².